The van der Waals surface area contributed by atoms with Crippen molar-refractivity contribution < 1.29 is 10.2 Å². The van der Waals surface area contributed by atoms with Crippen LogP contribution in [0.15, 0.2) is 0 Å². The number of alkyl halides is 3. The normalized spacial score (nSPS) is 22.4. The predicted molar refractivity (Wildman–Crippen MR) is 47.7 cm³/mol. The van der Waals surface area contributed by atoms with Crippen LogP contribution in [0.5, 0.6) is 0 Å². The number of halogens is 3. The molecular formula is C6H11Cl3O2. The van der Waals surface area contributed by atoms with Crippen LogP contribution >= 0.6 is 34.8 Å². The standard InChI is InChI=1S/C6H11Cl3O2/c1-3(7)5(9)6(11)4(8)2-10/h3-6,10-11H,2H2,1H3/t3-,4-,5-,6+/m0/s1. The van der Waals surface area contributed by atoms with Gasteiger partial charge in [0, 0.05) is 5.38 Å². The fourth-order valence-electron chi connectivity index (χ4n) is 0.579. The van der Waals surface area contributed by atoms with Crippen molar-refractivity contribution >= 4 is 34.8 Å². The largest absolute Gasteiger partial charge is 0.395 e. The molecule has 0 spiro atoms. The molecule has 0 unspecified atom stereocenters. The van der Waals surface area contributed by atoms with Gasteiger partial charge in [0.1, 0.15) is 0 Å². The molecule has 4 atom stereocenters. The molecule has 0 aromatic heterocycles. The molecule has 0 aliphatic heterocycles. The van der Waals surface area contributed by atoms with Gasteiger partial charge in [-0.2, -0.15) is 0 Å². The third kappa shape index (κ3) is 3.81. The van der Waals surface area contributed by atoms with Crippen molar-refractivity contribution in [2.75, 3.05) is 6.61 Å². The van der Waals surface area contributed by atoms with Gasteiger partial charge in [-0.3, -0.25) is 0 Å². The third-order valence-electron chi connectivity index (χ3n) is 1.31. The van der Waals surface area contributed by atoms with Gasteiger partial charge in [0.05, 0.1) is 23.5 Å². The number of hydrogen-bond donors (Lipinski definition) is 2. The summed E-state index contributed by atoms with van der Waals surface area (Å²) in [4.78, 5) is 0. The lowest BCUT2D eigenvalue weighted by Crippen LogP contribution is -2.37. The average Bonchev–Trinajstić information content (AvgIpc) is 2.00. The first-order chi connectivity index (χ1) is 5.00. The van der Waals surface area contributed by atoms with Crippen LogP contribution in [-0.4, -0.2) is 39.1 Å². The molecule has 5 heteroatoms. The fourth-order valence-corrected chi connectivity index (χ4v) is 1.14. The fraction of sp³-hybridized carbons (Fsp3) is 1.00. The first-order valence-corrected chi connectivity index (χ1v) is 4.52. The van der Waals surface area contributed by atoms with E-state index in [1.807, 2.05) is 0 Å². The molecule has 2 N–H and O–H groups in total. The maximum atomic E-state index is 9.25. The Morgan fingerprint density at radius 2 is 1.73 bits per heavy atom. The third-order valence-corrected chi connectivity index (χ3v) is 2.74. The van der Waals surface area contributed by atoms with Gasteiger partial charge in [-0.15, -0.1) is 34.8 Å². The van der Waals surface area contributed by atoms with Gasteiger partial charge in [-0.1, -0.05) is 0 Å². The molecule has 0 amide bonds. The molecule has 0 radical (unpaired) electrons. The van der Waals surface area contributed by atoms with Crippen molar-refractivity contribution in [2.24, 2.45) is 0 Å². The molecule has 11 heavy (non-hydrogen) atoms. The Labute approximate surface area is 81.1 Å². The minimum atomic E-state index is -0.976. The van der Waals surface area contributed by atoms with Crippen molar-refractivity contribution in [1.82, 2.24) is 0 Å². The first-order valence-electron chi connectivity index (χ1n) is 3.21. The monoisotopic (exact) mass is 220 g/mol. The van der Waals surface area contributed by atoms with E-state index >= 15 is 0 Å². The molecule has 0 fully saturated rings. The molecule has 0 saturated carbocycles. The van der Waals surface area contributed by atoms with E-state index < -0.39 is 16.9 Å². The number of rotatable bonds is 4. The highest BCUT2D eigenvalue weighted by atomic mass is 35.5. The number of aliphatic hydroxyl groups excluding tert-OH is 2. The van der Waals surface area contributed by atoms with Gasteiger partial charge < -0.3 is 10.2 Å². The molecule has 0 heterocycles. The van der Waals surface area contributed by atoms with E-state index in [-0.39, 0.29) is 12.0 Å². The highest BCUT2D eigenvalue weighted by Crippen LogP contribution is 2.18. The zero-order valence-corrected chi connectivity index (χ0v) is 8.31. The SMILES string of the molecule is C[C@H](Cl)[C@H](Cl)[C@H](O)[C@@H](Cl)CO. The zero-order chi connectivity index (χ0) is 9.02. The van der Waals surface area contributed by atoms with Gasteiger partial charge in [-0.25, -0.2) is 0 Å². The Morgan fingerprint density at radius 3 is 2.00 bits per heavy atom. The maximum absolute atomic E-state index is 9.25. The minimum absolute atomic E-state index is 0.310. The highest BCUT2D eigenvalue weighted by molar-refractivity contribution is 6.31. The summed E-state index contributed by atoms with van der Waals surface area (Å²) in [6.45, 7) is 1.35. The summed E-state index contributed by atoms with van der Waals surface area (Å²) in [6, 6.07) is 0. The van der Waals surface area contributed by atoms with E-state index in [4.69, 9.17) is 39.9 Å². The number of aliphatic hydroxyl groups is 2. The second-order valence-corrected chi connectivity index (χ2v) is 4.06. The molecule has 2 nitrogen and oxygen atoms in total. The lowest BCUT2D eigenvalue weighted by atomic mass is 10.1. The van der Waals surface area contributed by atoms with E-state index in [1.165, 1.54) is 0 Å². The summed E-state index contributed by atoms with van der Waals surface area (Å²) in [5, 5.41) is 16.0. The van der Waals surface area contributed by atoms with E-state index in [0.29, 0.717) is 0 Å². The highest BCUT2D eigenvalue weighted by Gasteiger charge is 2.27. The molecule has 0 aliphatic carbocycles. The summed E-state index contributed by atoms with van der Waals surface area (Å²) in [6.07, 6.45) is -0.976. The van der Waals surface area contributed by atoms with E-state index in [9.17, 15) is 5.11 Å². The topological polar surface area (TPSA) is 40.5 Å². The Morgan fingerprint density at radius 1 is 1.27 bits per heavy atom. The van der Waals surface area contributed by atoms with Gasteiger partial charge in [-0.05, 0) is 6.92 Å². The van der Waals surface area contributed by atoms with Crippen molar-refractivity contribution in [3.8, 4) is 0 Å². The summed E-state index contributed by atoms with van der Waals surface area (Å²) < 4.78 is 0. The van der Waals surface area contributed by atoms with Crippen molar-refractivity contribution in [3.63, 3.8) is 0 Å². The van der Waals surface area contributed by atoms with E-state index in [1.54, 1.807) is 6.92 Å². The summed E-state index contributed by atoms with van der Waals surface area (Å²) >= 11 is 16.8. The second-order valence-electron chi connectivity index (χ2n) is 2.31. The molecule has 0 aliphatic rings. The van der Waals surface area contributed by atoms with Crippen LogP contribution in [-0.2, 0) is 0 Å². The molecule has 0 rings (SSSR count). The van der Waals surface area contributed by atoms with Crippen LogP contribution in [0.25, 0.3) is 0 Å². The predicted octanol–water partition coefficient (Wildman–Crippen LogP) is 1.18. The Kier molecular flexibility index (Phi) is 5.83. The molecule has 0 aromatic carbocycles. The smallest absolute Gasteiger partial charge is 0.0903 e. The zero-order valence-electron chi connectivity index (χ0n) is 6.04. The van der Waals surface area contributed by atoms with Crippen molar-refractivity contribution in [1.29, 1.82) is 0 Å². The minimum Gasteiger partial charge on any atom is -0.395 e. The number of hydrogen-bond acceptors (Lipinski definition) is 2. The van der Waals surface area contributed by atoms with Crippen LogP contribution in [0.4, 0.5) is 0 Å². The van der Waals surface area contributed by atoms with Crippen LogP contribution in [0, 0.1) is 0 Å². The Balaban J connectivity index is 3.90. The van der Waals surface area contributed by atoms with Gasteiger partial charge in [0.15, 0.2) is 0 Å². The van der Waals surface area contributed by atoms with E-state index in [0.717, 1.165) is 0 Å². The first kappa shape index (κ1) is 11.8. The second kappa shape index (κ2) is 5.44. The molecule has 0 saturated heterocycles. The molecular weight excluding hydrogens is 210 g/mol. The Bertz CT molecular complexity index is 110. The van der Waals surface area contributed by atoms with Gasteiger partial charge in [0.25, 0.3) is 0 Å². The van der Waals surface area contributed by atoms with Crippen molar-refractivity contribution in [2.45, 2.75) is 29.2 Å². The molecule has 68 valence electrons. The quantitative estimate of drug-likeness (QED) is 0.700. The lowest BCUT2D eigenvalue weighted by Gasteiger charge is -2.21. The van der Waals surface area contributed by atoms with Crippen LogP contribution < -0.4 is 0 Å². The van der Waals surface area contributed by atoms with Gasteiger partial charge in [0.2, 0.25) is 0 Å². The molecule has 0 aromatic rings. The van der Waals surface area contributed by atoms with Crippen LogP contribution in [0.1, 0.15) is 6.92 Å². The van der Waals surface area contributed by atoms with Gasteiger partial charge >= 0.3 is 0 Å². The van der Waals surface area contributed by atoms with E-state index in [2.05, 4.69) is 0 Å². The summed E-state index contributed by atoms with van der Waals surface area (Å²) in [5.74, 6) is 0. The van der Waals surface area contributed by atoms with Crippen LogP contribution in [0.3, 0.4) is 0 Å². The lowest BCUT2D eigenvalue weighted by molar-refractivity contribution is 0.133. The van der Waals surface area contributed by atoms with Crippen molar-refractivity contribution in [3.05, 3.63) is 0 Å². The maximum Gasteiger partial charge on any atom is 0.0903 e. The summed E-state index contributed by atoms with van der Waals surface area (Å²) in [7, 11) is 0. The Hall–Kier alpha value is 0.790. The summed E-state index contributed by atoms with van der Waals surface area (Å²) in [5.41, 5.74) is 0. The average molecular weight is 222 g/mol. The molecule has 0 bridgehead atoms. The van der Waals surface area contributed by atoms with Crippen LogP contribution in [0.2, 0.25) is 0 Å².